The predicted molar refractivity (Wildman–Crippen MR) is 88.8 cm³/mol. The minimum absolute atomic E-state index is 0.343. The molecule has 0 radical (unpaired) electrons. The normalized spacial score (nSPS) is 12.2. The fourth-order valence-corrected chi connectivity index (χ4v) is 3.46. The van der Waals surface area contributed by atoms with Crippen LogP contribution in [0.2, 0.25) is 0 Å². The number of nitrogens with two attached hydrogens (primary N) is 1. The number of hydrogen-bond acceptors (Lipinski definition) is 7. The minimum Gasteiger partial charge on any atom is -0.382 e. The third kappa shape index (κ3) is 3.03. The van der Waals surface area contributed by atoms with E-state index in [-0.39, 0.29) is 0 Å². The van der Waals surface area contributed by atoms with Crippen molar-refractivity contribution in [2.24, 2.45) is 0 Å². The molecule has 0 aromatic carbocycles. The molecular formula is C14H15N5S2. The lowest BCUT2D eigenvalue weighted by Crippen LogP contribution is -2.09. The van der Waals surface area contributed by atoms with Crippen molar-refractivity contribution >= 4 is 33.7 Å². The summed E-state index contributed by atoms with van der Waals surface area (Å²) in [6.45, 7) is 2.95. The maximum atomic E-state index is 6.00. The van der Waals surface area contributed by atoms with Gasteiger partial charge in [-0.15, -0.1) is 11.3 Å². The number of nitrogen functional groups attached to an aromatic ring is 1. The molecule has 21 heavy (non-hydrogen) atoms. The van der Waals surface area contributed by atoms with Crippen LogP contribution < -0.4 is 11.1 Å². The van der Waals surface area contributed by atoms with Gasteiger partial charge in [0.25, 0.3) is 0 Å². The third-order valence-electron chi connectivity index (χ3n) is 3.11. The zero-order chi connectivity index (χ0) is 14.7. The second-order valence-electron chi connectivity index (χ2n) is 4.67. The summed E-state index contributed by atoms with van der Waals surface area (Å²) in [6.07, 6.45) is 5.38. The molecule has 1 unspecified atom stereocenters. The average molecular weight is 317 g/mol. The molecule has 3 aromatic heterocycles. The van der Waals surface area contributed by atoms with Crippen LogP contribution in [-0.2, 0) is 0 Å². The van der Waals surface area contributed by atoms with E-state index in [0.717, 1.165) is 27.7 Å². The molecule has 7 heteroatoms. The van der Waals surface area contributed by atoms with Gasteiger partial charge in [0.15, 0.2) is 0 Å². The molecule has 3 heterocycles. The second-order valence-corrected chi connectivity index (χ2v) is 6.37. The van der Waals surface area contributed by atoms with Crippen molar-refractivity contribution in [3.63, 3.8) is 0 Å². The maximum Gasteiger partial charge on any atom is 0.147 e. The summed E-state index contributed by atoms with van der Waals surface area (Å²) in [6, 6.07) is 3.89. The highest BCUT2D eigenvalue weighted by Crippen LogP contribution is 2.36. The van der Waals surface area contributed by atoms with Crippen molar-refractivity contribution in [3.05, 3.63) is 41.1 Å². The summed E-state index contributed by atoms with van der Waals surface area (Å²) >= 11 is 3.05. The predicted octanol–water partition coefficient (Wildman–Crippen LogP) is 3.46. The molecule has 3 rings (SSSR count). The molecular weight excluding hydrogens is 302 g/mol. The first-order chi connectivity index (χ1) is 10.3. The molecule has 1 atom stereocenters. The molecule has 0 fully saturated rings. The first kappa shape index (κ1) is 14.0. The fourth-order valence-electron chi connectivity index (χ4n) is 2.02. The number of thiazole rings is 1. The monoisotopic (exact) mass is 317 g/mol. The van der Waals surface area contributed by atoms with Gasteiger partial charge in [0.1, 0.15) is 10.8 Å². The topological polar surface area (TPSA) is 76.7 Å². The Morgan fingerprint density at radius 1 is 1.38 bits per heavy atom. The Morgan fingerprint density at radius 2 is 2.29 bits per heavy atom. The molecule has 0 aliphatic heterocycles. The van der Waals surface area contributed by atoms with Crippen LogP contribution in [0.3, 0.4) is 0 Å². The van der Waals surface area contributed by atoms with Crippen LogP contribution in [0.1, 0.15) is 17.8 Å². The van der Waals surface area contributed by atoms with Crippen LogP contribution >= 0.6 is 22.9 Å². The first-order valence-electron chi connectivity index (χ1n) is 6.54. The summed E-state index contributed by atoms with van der Waals surface area (Å²) < 4.78 is 4.25. The highest BCUT2D eigenvalue weighted by Gasteiger charge is 2.15. The molecule has 0 aliphatic carbocycles. The van der Waals surface area contributed by atoms with Gasteiger partial charge in [0.2, 0.25) is 0 Å². The van der Waals surface area contributed by atoms with E-state index in [4.69, 9.17) is 5.73 Å². The Kier molecular flexibility index (Phi) is 4.12. The maximum absolute atomic E-state index is 6.00. The highest BCUT2D eigenvalue weighted by atomic mass is 32.1. The van der Waals surface area contributed by atoms with Gasteiger partial charge in [-0.1, -0.05) is 13.0 Å². The van der Waals surface area contributed by atoms with Crippen LogP contribution in [0, 0.1) is 0 Å². The lowest BCUT2D eigenvalue weighted by molar-refractivity contribution is 0.797. The molecule has 0 saturated heterocycles. The first-order valence-corrected chi connectivity index (χ1v) is 8.20. The van der Waals surface area contributed by atoms with Gasteiger partial charge in [0, 0.05) is 42.0 Å². The van der Waals surface area contributed by atoms with Gasteiger partial charge in [-0.3, -0.25) is 4.98 Å². The third-order valence-corrected chi connectivity index (χ3v) is 4.94. The fraction of sp³-hybridized carbons (Fsp3) is 0.214. The number of anilines is 2. The minimum atomic E-state index is 0.343. The van der Waals surface area contributed by atoms with Gasteiger partial charge in [-0.25, -0.2) is 4.98 Å². The van der Waals surface area contributed by atoms with Gasteiger partial charge < -0.3 is 11.1 Å². The molecule has 3 aromatic rings. The van der Waals surface area contributed by atoms with E-state index in [1.807, 2.05) is 23.7 Å². The van der Waals surface area contributed by atoms with Gasteiger partial charge in [-0.05, 0) is 17.6 Å². The van der Waals surface area contributed by atoms with E-state index in [0.29, 0.717) is 11.7 Å². The van der Waals surface area contributed by atoms with Crippen LogP contribution in [0.4, 0.5) is 10.8 Å². The molecule has 0 aliphatic rings. The summed E-state index contributed by atoms with van der Waals surface area (Å²) in [7, 11) is 0. The molecule has 108 valence electrons. The Hall–Kier alpha value is -1.99. The SMILES string of the molecule is CC(CNc1snc(N)c1-c1cccnc1)c1nccs1. The van der Waals surface area contributed by atoms with Gasteiger partial charge in [0.05, 0.1) is 10.6 Å². The van der Waals surface area contributed by atoms with Crippen LogP contribution in [0.5, 0.6) is 0 Å². The van der Waals surface area contributed by atoms with Crippen molar-refractivity contribution < 1.29 is 0 Å². The Bertz CT molecular complexity index is 693. The van der Waals surface area contributed by atoms with Crippen LogP contribution in [0.15, 0.2) is 36.1 Å². The quantitative estimate of drug-likeness (QED) is 0.753. The molecule has 5 nitrogen and oxygen atoms in total. The average Bonchev–Trinajstić information content (AvgIpc) is 3.15. The number of pyridine rings is 1. The van der Waals surface area contributed by atoms with Crippen molar-refractivity contribution in [3.8, 4) is 11.1 Å². The molecule has 0 bridgehead atoms. The molecule has 3 N–H and O–H groups in total. The van der Waals surface area contributed by atoms with Gasteiger partial charge in [-0.2, -0.15) is 4.37 Å². The zero-order valence-corrected chi connectivity index (χ0v) is 13.1. The van der Waals surface area contributed by atoms with E-state index < -0.39 is 0 Å². The Labute approximate surface area is 131 Å². The largest absolute Gasteiger partial charge is 0.382 e. The van der Waals surface area contributed by atoms with E-state index in [9.17, 15) is 0 Å². The lowest BCUT2D eigenvalue weighted by atomic mass is 10.1. The molecule has 0 spiro atoms. The second kappa shape index (κ2) is 6.19. The Balaban J connectivity index is 1.78. The van der Waals surface area contributed by atoms with Crippen molar-refractivity contribution in [2.45, 2.75) is 12.8 Å². The molecule has 0 saturated carbocycles. The van der Waals surface area contributed by atoms with E-state index >= 15 is 0 Å². The summed E-state index contributed by atoms with van der Waals surface area (Å²) in [5.41, 5.74) is 7.91. The van der Waals surface area contributed by atoms with Crippen molar-refractivity contribution in [1.82, 2.24) is 14.3 Å². The standard InChI is InChI=1S/C14H15N5S2/c1-9(13-17-5-6-20-13)7-18-14-11(12(15)19-21-14)10-3-2-4-16-8-10/h2-6,8-9,18H,7H2,1H3,(H2,15,19). The number of aromatic nitrogens is 3. The summed E-state index contributed by atoms with van der Waals surface area (Å²) in [5, 5.41) is 7.54. The summed E-state index contributed by atoms with van der Waals surface area (Å²) in [4.78, 5) is 8.49. The van der Waals surface area contributed by atoms with Gasteiger partial charge >= 0.3 is 0 Å². The van der Waals surface area contributed by atoms with Crippen molar-refractivity contribution in [1.29, 1.82) is 0 Å². The lowest BCUT2D eigenvalue weighted by Gasteiger charge is -2.11. The van der Waals surface area contributed by atoms with E-state index in [2.05, 4.69) is 26.6 Å². The zero-order valence-electron chi connectivity index (χ0n) is 11.5. The number of rotatable bonds is 5. The Morgan fingerprint density at radius 3 is 3.00 bits per heavy atom. The number of nitrogens with one attached hydrogen (secondary N) is 1. The number of nitrogens with zero attached hydrogens (tertiary/aromatic N) is 3. The highest BCUT2D eigenvalue weighted by molar-refractivity contribution is 7.11. The summed E-state index contributed by atoms with van der Waals surface area (Å²) in [5.74, 6) is 0.882. The van der Waals surface area contributed by atoms with E-state index in [1.54, 1.807) is 23.7 Å². The van der Waals surface area contributed by atoms with Crippen LogP contribution in [-0.4, -0.2) is 20.9 Å². The van der Waals surface area contributed by atoms with Crippen molar-refractivity contribution in [2.75, 3.05) is 17.6 Å². The smallest absolute Gasteiger partial charge is 0.147 e. The molecule has 0 amide bonds. The van der Waals surface area contributed by atoms with Crippen LogP contribution in [0.25, 0.3) is 11.1 Å². The van der Waals surface area contributed by atoms with E-state index in [1.165, 1.54) is 11.5 Å². The number of hydrogen-bond donors (Lipinski definition) is 2.